The van der Waals surface area contributed by atoms with Gasteiger partial charge in [-0.3, -0.25) is 0 Å². The second kappa shape index (κ2) is 6.87. The molecule has 0 bridgehead atoms. The SMILES string of the molecule is FC(F)(F)C(=C(N1CCC(C(F)(F)F)CC1)C(F)(F)C(F)(F)F)C(F)(F)F. The molecule has 0 saturated carbocycles. The van der Waals surface area contributed by atoms with Gasteiger partial charge in [0.25, 0.3) is 0 Å². The highest BCUT2D eigenvalue weighted by molar-refractivity contribution is 5.30. The van der Waals surface area contributed by atoms with Gasteiger partial charge in [-0.05, 0) is 12.8 Å². The lowest BCUT2D eigenvalue weighted by Gasteiger charge is -2.40. The summed E-state index contributed by atoms with van der Waals surface area (Å²) in [6.45, 7) is -3.00. The van der Waals surface area contributed by atoms with Gasteiger partial charge < -0.3 is 4.90 Å². The molecule has 1 rings (SSSR count). The Hall–Kier alpha value is -1.44. The zero-order valence-corrected chi connectivity index (χ0v) is 12.6. The Bertz CT molecular complexity index is 537. The highest BCUT2D eigenvalue weighted by Crippen LogP contribution is 2.51. The van der Waals surface area contributed by atoms with E-state index in [9.17, 15) is 61.5 Å². The van der Waals surface area contributed by atoms with Crippen LogP contribution in [0.4, 0.5) is 61.5 Å². The topological polar surface area (TPSA) is 3.24 Å². The van der Waals surface area contributed by atoms with E-state index in [0.717, 1.165) is 0 Å². The molecule has 0 N–H and O–H groups in total. The van der Waals surface area contributed by atoms with E-state index in [1.165, 1.54) is 0 Å². The fourth-order valence-electron chi connectivity index (χ4n) is 2.51. The van der Waals surface area contributed by atoms with Crippen LogP contribution in [0, 0.1) is 5.92 Å². The highest BCUT2D eigenvalue weighted by atomic mass is 19.4. The standard InChI is InChI=1S/C12H9F14N/c13-8(14,12(24,25)26)7(6(10(18,19)20)11(21,22)23)27-3-1-5(2-4-27)9(15,16)17/h5H,1-4H2. The number of halogens is 14. The average Bonchev–Trinajstić information content (AvgIpc) is 2.39. The van der Waals surface area contributed by atoms with E-state index < -0.39 is 78.6 Å². The van der Waals surface area contributed by atoms with Crippen molar-refractivity contribution in [3.63, 3.8) is 0 Å². The Labute approximate surface area is 141 Å². The predicted octanol–water partition coefficient (Wildman–Crippen LogP) is 5.84. The molecule has 1 nitrogen and oxygen atoms in total. The van der Waals surface area contributed by atoms with Crippen molar-refractivity contribution in [3.05, 3.63) is 11.3 Å². The number of hydrogen-bond acceptors (Lipinski definition) is 1. The van der Waals surface area contributed by atoms with Crippen molar-refractivity contribution in [1.82, 2.24) is 4.90 Å². The summed E-state index contributed by atoms with van der Waals surface area (Å²) in [6, 6.07) is 0. The van der Waals surface area contributed by atoms with Crippen LogP contribution in [-0.4, -0.2) is 48.6 Å². The summed E-state index contributed by atoms with van der Waals surface area (Å²) in [5, 5.41) is 0. The third-order valence-electron chi connectivity index (χ3n) is 3.73. The quantitative estimate of drug-likeness (QED) is 0.495. The minimum atomic E-state index is -6.84. The summed E-state index contributed by atoms with van der Waals surface area (Å²) in [5.41, 5.74) is -7.56. The Morgan fingerprint density at radius 3 is 1.26 bits per heavy atom. The van der Waals surface area contributed by atoms with E-state index in [-0.39, 0.29) is 0 Å². The van der Waals surface area contributed by atoms with Crippen molar-refractivity contribution in [2.75, 3.05) is 13.1 Å². The van der Waals surface area contributed by atoms with Crippen LogP contribution in [-0.2, 0) is 0 Å². The molecular formula is C12H9F14N. The van der Waals surface area contributed by atoms with E-state index >= 15 is 0 Å². The largest absolute Gasteiger partial charge is 0.459 e. The normalized spacial score (nSPS) is 18.7. The van der Waals surface area contributed by atoms with Crippen molar-refractivity contribution in [2.24, 2.45) is 5.92 Å². The minimum Gasteiger partial charge on any atom is -0.369 e. The number of nitrogens with zero attached hydrogens (tertiary/aromatic N) is 1. The summed E-state index contributed by atoms with van der Waals surface area (Å²) < 4.78 is 179. The van der Waals surface area contributed by atoms with Crippen LogP contribution in [0.3, 0.4) is 0 Å². The van der Waals surface area contributed by atoms with Crippen LogP contribution in [0.1, 0.15) is 12.8 Å². The number of likely N-dealkylation sites (tertiary alicyclic amines) is 1. The van der Waals surface area contributed by atoms with Gasteiger partial charge in [-0.15, -0.1) is 0 Å². The molecule has 27 heavy (non-hydrogen) atoms. The summed E-state index contributed by atoms with van der Waals surface area (Å²) in [5.74, 6) is -8.85. The van der Waals surface area contributed by atoms with Gasteiger partial charge in [0.15, 0.2) is 5.57 Å². The number of hydrogen-bond donors (Lipinski definition) is 0. The number of alkyl halides is 14. The van der Waals surface area contributed by atoms with Gasteiger partial charge in [-0.25, -0.2) is 0 Å². The zero-order chi connectivity index (χ0) is 21.6. The first-order valence-electron chi connectivity index (χ1n) is 6.86. The summed E-state index contributed by atoms with van der Waals surface area (Å²) in [7, 11) is 0. The molecule has 1 saturated heterocycles. The monoisotopic (exact) mass is 433 g/mol. The van der Waals surface area contributed by atoms with Crippen LogP contribution in [0.2, 0.25) is 0 Å². The fraction of sp³-hybridized carbons (Fsp3) is 0.833. The molecule has 1 aliphatic heterocycles. The summed E-state index contributed by atoms with van der Waals surface area (Å²) in [4.78, 5) is -0.633. The van der Waals surface area contributed by atoms with Gasteiger partial charge in [0, 0.05) is 13.1 Å². The highest BCUT2D eigenvalue weighted by Gasteiger charge is 2.67. The first-order chi connectivity index (χ1) is 11.7. The van der Waals surface area contributed by atoms with E-state index in [4.69, 9.17) is 0 Å². The molecule has 15 heteroatoms. The van der Waals surface area contributed by atoms with E-state index in [1.54, 1.807) is 0 Å². The molecule has 0 aromatic rings. The van der Waals surface area contributed by atoms with Gasteiger partial charge in [0.05, 0.1) is 5.92 Å². The van der Waals surface area contributed by atoms with Gasteiger partial charge in [-0.1, -0.05) is 0 Å². The number of rotatable bonds is 2. The van der Waals surface area contributed by atoms with Gasteiger partial charge in [0.1, 0.15) is 5.70 Å². The van der Waals surface area contributed by atoms with Crippen LogP contribution in [0.25, 0.3) is 0 Å². The first-order valence-corrected chi connectivity index (χ1v) is 6.86. The second-order valence-corrected chi connectivity index (χ2v) is 5.59. The molecule has 0 unspecified atom stereocenters. The molecule has 1 fully saturated rings. The number of allylic oxidation sites excluding steroid dienone is 2. The molecule has 0 aliphatic carbocycles. The van der Waals surface area contributed by atoms with Crippen molar-refractivity contribution >= 4 is 0 Å². The molecule has 0 atom stereocenters. The van der Waals surface area contributed by atoms with Gasteiger partial charge >= 0.3 is 30.6 Å². The molecule has 0 aromatic carbocycles. The van der Waals surface area contributed by atoms with Crippen LogP contribution in [0.5, 0.6) is 0 Å². The maximum absolute atomic E-state index is 13.6. The van der Waals surface area contributed by atoms with Crippen LogP contribution >= 0.6 is 0 Å². The third-order valence-corrected chi connectivity index (χ3v) is 3.73. The maximum Gasteiger partial charge on any atom is 0.459 e. The lowest BCUT2D eigenvalue weighted by molar-refractivity contribution is -0.276. The fourth-order valence-corrected chi connectivity index (χ4v) is 2.51. The Morgan fingerprint density at radius 1 is 0.630 bits per heavy atom. The average molecular weight is 433 g/mol. The van der Waals surface area contributed by atoms with Crippen molar-refractivity contribution in [3.8, 4) is 0 Å². The minimum absolute atomic E-state index is 0.633. The molecule has 0 radical (unpaired) electrons. The second-order valence-electron chi connectivity index (χ2n) is 5.59. The smallest absolute Gasteiger partial charge is 0.369 e. The predicted molar refractivity (Wildman–Crippen MR) is 60.5 cm³/mol. The Balaban J connectivity index is 3.57. The lowest BCUT2D eigenvalue weighted by Crippen LogP contribution is -2.51. The van der Waals surface area contributed by atoms with Gasteiger partial charge in [0.2, 0.25) is 0 Å². The molecule has 1 heterocycles. The van der Waals surface area contributed by atoms with Crippen molar-refractivity contribution < 1.29 is 61.5 Å². The van der Waals surface area contributed by atoms with Crippen molar-refractivity contribution in [2.45, 2.75) is 43.5 Å². The van der Waals surface area contributed by atoms with E-state index in [0.29, 0.717) is 0 Å². The first kappa shape index (κ1) is 23.6. The van der Waals surface area contributed by atoms with E-state index in [2.05, 4.69) is 0 Å². The Kier molecular flexibility index (Phi) is 6.00. The molecule has 160 valence electrons. The third kappa shape index (κ3) is 5.09. The summed E-state index contributed by atoms with van der Waals surface area (Å²) in [6.07, 6.45) is -27.6. The van der Waals surface area contributed by atoms with Crippen LogP contribution in [0.15, 0.2) is 11.3 Å². The molecule has 0 spiro atoms. The lowest BCUT2D eigenvalue weighted by atomic mass is 9.94. The maximum atomic E-state index is 13.6. The van der Waals surface area contributed by atoms with E-state index in [1.807, 2.05) is 0 Å². The van der Waals surface area contributed by atoms with Crippen LogP contribution < -0.4 is 0 Å². The van der Waals surface area contributed by atoms with Crippen molar-refractivity contribution in [1.29, 1.82) is 0 Å². The molecule has 0 amide bonds. The van der Waals surface area contributed by atoms with Gasteiger partial charge in [-0.2, -0.15) is 61.5 Å². The zero-order valence-electron chi connectivity index (χ0n) is 12.6. The number of piperidine rings is 1. The Morgan fingerprint density at radius 2 is 1.00 bits per heavy atom. The summed E-state index contributed by atoms with van der Waals surface area (Å²) >= 11 is 0. The molecular weight excluding hydrogens is 424 g/mol. The molecule has 0 aromatic heterocycles. The molecule has 1 aliphatic rings.